The molecule has 16 rings (SSSR count). The first kappa shape index (κ1) is 46.1. The number of hydrogen-bond donors (Lipinski definition) is 0. The van der Waals surface area contributed by atoms with E-state index in [1.807, 2.05) is 30.3 Å². The van der Waals surface area contributed by atoms with Crippen molar-refractivity contribution in [3.8, 4) is 44.9 Å². The first-order chi connectivity index (χ1) is 55.1. The average molecular weight is 1410 g/mol. The van der Waals surface area contributed by atoms with E-state index in [0.717, 1.165) is 45.4 Å². The van der Waals surface area contributed by atoms with Gasteiger partial charge in [0.2, 0.25) is 0 Å². The van der Waals surface area contributed by atoms with E-state index in [0.29, 0.717) is 0 Å². The molecule has 0 unspecified atom stereocenters. The summed E-state index contributed by atoms with van der Waals surface area (Å²) in [7, 11) is 0. The maximum absolute atomic E-state index is 5.00. The van der Waals surface area contributed by atoms with Crippen LogP contribution in [0.2, 0.25) is 0 Å². The molecule has 5 nitrogen and oxygen atoms in total. The van der Waals surface area contributed by atoms with Crippen LogP contribution in [0.15, 0.2) is 358 Å². The summed E-state index contributed by atoms with van der Waals surface area (Å²) >= 11 is 0. The van der Waals surface area contributed by atoms with E-state index < -0.39 is 0 Å². The standard InChI is InChI=1S/C36H24N2.C36H28N2.C12H10N.Ir.13H2/c1-5-13-33-29(9-1)30-10-2-6-14-34(30)37(33)27-21-17-25(18-22-27)26-19-23-28(24-20-26)38-35-15-7-3-11-31(35)32-12-4-8-16-36(32)38;1-5-13-31(14-6-1)37(32-15-7-2-8-16-32)35-25-21-29(22-26-35)30-23-27-36(28-24-30)38(33-17-9-3-10-18-33)34-19-11-4-12-20-34;1-10-5-7-11(8-6-10)12-4-2-3-9-13-12;;;;;;;;;;;;;;/h1-24H;1-28H;2-7,9H,1H3;;13*1H/q;;-1;;;;;;;;;;;;;;/i;;;;10*1+2T;1+2;1+1D;1+1. The van der Waals surface area contributed by atoms with Crippen LogP contribution in [0.25, 0.3) is 88.5 Å². The number of para-hydroxylation sites is 8. The summed E-state index contributed by atoms with van der Waals surface area (Å²) in [6.45, 7) is 2.05. The van der Waals surface area contributed by atoms with Crippen LogP contribution in [-0.2, 0) is 20.1 Å². The predicted molar refractivity (Wildman–Crippen MR) is 403 cm³/mol. The maximum atomic E-state index is 5.00. The molecule has 3 aromatic heterocycles. The Morgan fingerprint density at radius 2 is 0.611 bits per heavy atom. The summed E-state index contributed by atoms with van der Waals surface area (Å²) in [4.78, 5) is 8.81. The number of hydrogen-bond acceptors (Lipinski definition) is 3. The van der Waals surface area contributed by atoms with Gasteiger partial charge in [-0.05, 0) is 155 Å². The molecule has 6 heteroatoms. The van der Waals surface area contributed by atoms with Gasteiger partial charge in [0.1, 0.15) is 0 Å². The van der Waals surface area contributed by atoms with E-state index in [4.69, 9.17) is 32.7 Å². The molecule has 0 atom stereocenters. The summed E-state index contributed by atoms with van der Waals surface area (Å²) in [6.07, 6.45) is 1.79. The Kier molecular flexibility index (Phi) is 13.8. The molecule has 16 aromatic rings. The summed E-state index contributed by atoms with van der Waals surface area (Å²) in [5, 5.41) is 5.14. The van der Waals surface area contributed by atoms with E-state index in [-0.39, 0.29) is 23.0 Å². The van der Waals surface area contributed by atoms with Crippen molar-refractivity contribution in [2.45, 2.75) is 6.92 Å². The van der Waals surface area contributed by atoms with Crippen LogP contribution in [0.4, 0.5) is 34.1 Å². The first-order valence-corrected chi connectivity index (χ1v) is 30.2. The molecule has 0 amide bonds. The second-order valence-corrected chi connectivity index (χ2v) is 21.9. The third-order valence-corrected chi connectivity index (χ3v) is 16.3. The molecule has 0 saturated heterocycles. The van der Waals surface area contributed by atoms with Crippen molar-refractivity contribution >= 4 is 77.7 Å². The number of rotatable bonds is 11. The Morgan fingerprint density at radius 3 is 0.911 bits per heavy atom. The molecular formula is C84H88IrN5-. The van der Waals surface area contributed by atoms with Crippen molar-refractivity contribution in [1.82, 2.24) is 14.1 Å². The summed E-state index contributed by atoms with van der Waals surface area (Å²) in [5.41, 5.74) is 22.1. The fourth-order valence-corrected chi connectivity index (χ4v) is 12.0. The number of aromatic nitrogens is 3. The van der Waals surface area contributed by atoms with Crippen LogP contribution in [-0.4, -0.2) is 14.1 Å². The zero-order valence-electron chi connectivity index (χ0n) is 71.6. The van der Waals surface area contributed by atoms with Gasteiger partial charge in [-0.1, -0.05) is 213 Å². The molecule has 0 aliphatic heterocycles. The molecule has 0 aliphatic rings. The Morgan fingerprint density at radius 1 is 0.322 bits per heavy atom. The number of nitrogens with zero attached hydrogens (tertiary/aromatic N) is 5. The van der Waals surface area contributed by atoms with Crippen molar-refractivity contribution < 1.29 is 55.6 Å². The van der Waals surface area contributed by atoms with Gasteiger partial charge in [-0.15, -0.1) is 35.4 Å². The van der Waals surface area contributed by atoms with Crippen molar-refractivity contribution in [1.29, 1.82) is 0 Å². The molecule has 90 heavy (non-hydrogen) atoms. The number of benzene rings is 13. The van der Waals surface area contributed by atoms with Crippen molar-refractivity contribution in [3.63, 3.8) is 0 Å². The van der Waals surface area contributed by atoms with Crippen LogP contribution < -0.4 is 9.80 Å². The Balaban J connectivity index is 0.00000158. The maximum Gasteiger partial charge on any atom is 0.0541 e. The van der Waals surface area contributed by atoms with E-state index in [1.54, 1.807) is 6.20 Å². The smallest absolute Gasteiger partial charge is 0.0541 e. The summed E-state index contributed by atoms with van der Waals surface area (Å²) < 4.78 is 115. The van der Waals surface area contributed by atoms with Gasteiger partial charge >= 0.3 is 0 Å². The van der Waals surface area contributed by atoms with Crippen molar-refractivity contribution in [2.24, 2.45) is 0 Å². The predicted octanol–water partition coefficient (Wildman–Crippen LogP) is 25.9. The summed E-state index contributed by atoms with van der Waals surface area (Å²) in [5.74, 6) is 0. The number of fused-ring (bicyclic) bond motifs is 6. The molecular weight excluding hydrogens is 1270 g/mol. The van der Waals surface area contributed by atoms with Gasteiger partial charge in [-0.25, -0.2) is 0 Å². The van der Waals surface area contributed by atoms with Crippen molar-refractivity contribution in [2.75, 3.05) is 9.80 Å². The zero-order valence-corrected chi connectivity index (χ0v) is 52.0. The second kappa shape index (κ2) is 26.9. The fourth-order valence-electron chi connectivity index (χ4n) is 12.0. The van der Waals surface area contributed by atoms with Crippen LogP contribution in [0.1, 0.15) is 41.1 Å². The zero-order chi connectivity index (χ0) is 81.7. The van der Waals surface area contributed by atoms with Gasteiger partial charge < -0.3 is 23.9 Å². The van der Waals surface area contributed by atoms with Crippen LogP contribution in [0, 0.1) is 13.0 Å². The Bertz CT molecular complexity index is 4580. The minimum Gasteiger partial charge on any atom is -0.311 e. The SMILES string of the molecule is Cc1c[c-]c(-c2ccccn2)cc1.[2HH].[2H][2H].[3HH].[3H][3H].[3H][3H].[3H][3H].[3H][3H].[3H][3H].[3H][3H].[3H][3H].[3H][3H].[3H][3H].[3H][3H].[Ir].c1ccc(N(c2ccccc2)c2ccc(-c3ccc(N(c4ccccc4)c4ccccc4)cc3)cc2)cc1.c1ccc2c(c1)c1ccccc1n2-c1ccc(-c2ccc(-n3c4ccccc4c4ccccc43)cc2)cc1. The third-order valence-electron chi connectivity index (χ3n) is 16.3. The normalized spacial score (nSPS) is 11.8. The molecule has 0 aliphatic carbocycles. The molecule has 0 N–H and O–H groups in total. The number of aryl methyl sites for hydroxylation is 1. The molecule has 0 fully saturated rings. The van der Waals surface area contributed by atoms with E-state index >= 15 is 0 Å². The topological polar surface area (TPSA) is 29.2 Å². The Hall–Kier alpha value is -11.1. The molecule has 1 radical (unpaired) electrons. The van der Waals surface area contributed by atoms with Crippen LogP contribution in [0.5, 0.6) is 0 Å². The molecule has 459 valence electrons. The van der Waals surface area contributed by atoms with Crippen LogP contribution >= 0.6 is 0 Å². The quantitative estimate of drug-likeness (QED) is 0.121. The van der Waals surface area contributed by atoms with Gasteiger partial charge in [0, 0.05) is 129 Å². The van der Waals surface area contributed by atoms with E-state index in [1.165, 1.54) is 82.8 Å². The summed E-state index contributed by atoms with van der Waals surface area (Å²) in [6, 6.07) is 127. The van der Waals surface area contributed by atoms with E-state index in [2.05, 4.69) is 358 Å². The minimum atomic E-state index is 0. The second-order valence-electron chi connectivity index (χ2n) is 21.9. The molecule has 0 saturated carbocycles. The average Bonchev–Trinajstić information content (AvgIpc) is 1.59. The molecule has 3 heterocycles. The molecule has 13 aromatic carbocycles. The first-order valence-electron chi connectivity index (χ1n) is 41.2. The minimum absolute atomic E-state index is 0. The largest absolute Gasteiger partial charge is 0.311 e. The number of pyridine rings is 1. The Labute approximate surface area is 576 Å². The van der Waals surface area contributed by atoms with Gasteiger partial charge in [0.15, 0.2) is 0 Å². The van der Waals surface area contributed by atoms with Crippen LogP contribution in [0.3, 0.4) is 0 Å². The monoisotopic (exact) mass is 1400 g/mol. The number of anilines is 6. The van der Waals surface area contributed by atoms with E-state index in [9.17, 15) is 0 Å². The van der Waals surface area contributed by atoms with Crippen molar-refractivity contribution in [3.05, 3.63) is 370 Å². The fraction of sp³-hybridized carbons (Fsp3) is 0.0119. The molecule has 0 bridgehead atoms. The third kappa shape index (κ3) is 12.1. The van der Waals surface area contributed by atoms with Gasteiger partial charge in [-0.3, -0.25) is 0 Å². The van der Waals surface area contributed by atoms with Gasteiger partial charge in [0.05, 0.1) is 22.1 Å². The van der Waals surface area contributed by atoms with Gasteiger partial charge in [-0.2, -0.15) is 0 Å². The molecule has 0 spiro atoms. The van der Waals surface area contributed by atoms with Gasteiger partial charge in [0.25, 0.3) is 0 Å².